The van der Waals surface area contributed by atoms with Crippen molar-refractivity contribution in [3.8, 4) is 34.5 Å². The Balaban J connectivity index is 1.19. The van der Waals surface area contributed by atoms with Crippen LogP contribution < -0.4 is 39.2 Å². The number of carbonyl (C=O) groups is 3. The molecule has 4 aromatic rings. The smallest absolute Gasteiger partial charge is 0.343 e. The van der Waals surface area contributed by atoms with E-state index < -0.39 is 11.9 Å². The van der Waals surface area contributed by atoms with Crippen molar-refractivity contribution in [3.63, 3.8) is 0 Å². The molecular weight excluding hydrogens is 594 g/mol. The van der Waals surface area contributed by atoms with Crippen LogP contribution in [0.2, 0.25) is 0 Å². The Hall–Kier alpha value is -6.04. The van der Waals surface area contributed by atoms with Gasteiger partial charge in [0.25, 0.3) is 11.8 Å². The van der Waals surface area contributed by atoms with Crippen molar-refractivity contribution < 1.29 is 42.8 Å². The molecule has 0 aliphatic carbocycles. The average Bonchev–Trinajstić information content (AvgIpc) is 3.54. The van der Waals surface area contributed by atoms with E-state index in [9.17, 15) is 14.4 Å². The second-order valence-corrected chi connectivity index (χ2v) is 9.63. The molecule has 0 unspecified atom stereocenters. The van der Waals surface area contributed by atoms with E-state index in [1.807, 2.05) is 13.8 Å². The van der Waals surface area contributed by atoms with Gasteiger partial charge in [-0.15, -0.1) is 0 Å². The maximum atomic E-state index is 12.9. The number of amides is 2. The van der Waals surface area contributed by atoms with Crippen LogP contribution in [0.1, 0.15) is 50.5 Å². The molecule has 236 valence electrons. The first-order chi connectivity index (χ1) is 22.4. The fraction of sp³-hybridized carbons (Fsp3) is 0.176. The number of nitrogens with zero attached hydrogens (tertiary/aromatic N) is 1. The number of carbonyl (C=O) groups excluding carboxylic acids is 3. The molecule has 0 fully saturated rings. The number of hydrogen-bond acceptors (Lipinski definition) is 10. The van der Waals surface area contributed by atoms with Crippen LogP contribution >= 0.6 is 0 Å². The minimum Gasteiger partial charge on any atom is -0.493 e. The van der Waals surface area contributed by atoms with Crippen molar-refractivity contribution in [2.75, 3.05) is 32.4 Å². The van der Waals surface area contributed by atoms with Crippen molar-refractivity contribution >= 4 is 29.7 Å². The van der Waals surface area contributed by atoms with Gasteiger partial charge >= 0.3 is 5.97 Å². The Kier molecular flexibility index (Phi) is 9.98. The zero-order valence-corrected chi connectivity index (χ0v) is 25.3. The zero-order valence-electron chi connectivity index (χ0n) is 25.3. The minimum atomic E-state index is -0.599. The molecule has 0 bridgehead atoms. The number of methoxy groups -OCH3 is 1. The summed E-state index contributed by atoms with van der Waals surface area (Å²) in [4.78, 5) is 38.4. The molecule has 1 aliphatic heterocycles. The van der Waals surface area contributed by atoms with Gasteiger partial charge in [0.2, 0.25) is 6.79 Å². The summed E-state index contributed by atoms with van der Waals surface area (Å²) in [5.41, 5.74) is 4.39. The molecule has 5 rings (SSSR count). The van der Waals surface area contributed by atoms with Crippen molar-refractivity contribution in [1.82, 2.24) is 5.43 Å². The van der Waals surface area contributed by atoms with Gasteiger partial charge in [0, 0.05) is 16.8 Å². The van der Waals surface area contributed by atoms with Gasteiger partial charge in [-0.2, -0.15) is 5.10 Å². The van der Waals surface area contributed by atoms with Gasteiger partial charge in [0.1, 0.15) is 0 Å². The van der Waals surface area contributed by atoms with Crippen LogP contribution in [0.5, 0.6) is 34.5 Å². The van der Waals surface area contributed by atoms with Gasteiger partial charge in [0.05, 0.1) is 32.1 Å². The molecule has 4 aromatic carbocycles. The number of hydrogen-bond donors (Lipinski definition) is 2. The molecule has 2 N–H and O–H groups in total. The van der Waals surface area contributed by atoms with Crippen molar-refractivity contribution in [3.05, 3.63) is 101 Å². The lowest BCUT2D eigenvalue weighted by Gasteiger charge is -2.12. The average molecular weight is 626 g/mol. The van der Waals surface area contributed by atoms with E-state index in [2.05, 4.69) is 15.8 Å². The van der Waals surface area contributed by atoms with Crippen LogP contribution in [0.4, 0.5) is 5.69 Å². The van der Waals surface area contributed by atoms with E-state index in [0.717, 1.165) is 0 Å². The monoisotopic (exact) mass is 625 g/mol. The quantitative estimate of drug-likeness (QED) is 0.0908. The fourth-order valence-electron chi connectivity index (χ4n) is 4.39. The molecule has 0 saturated heterocycles. The Morgan fingerprint density at radius 2 is 1.50 bits per heavy atom. The highest BCUT2D eigenvalue weighted by molar-refractivity contribution is 6.05. The lowest BCUT2D eigenvalue weighted by molar-refractivity contribution is 0.0728. The maximum Gasteiger partial charge on any atom is 0.343 e. The summed E-state index contributed by atoms with van der Waals surface area (Å²) in [7, 11) is 1.44. The van der Waals surface area contributed by atoms with E-state index in [1.165, 1.54) is 19.4 Å². The second-order valence-electron chi connectivity index (χ2n) is 9.63. The molecule has 2 amide bonds. The first kappa shape index (κ1) is 31.4. The summed E-state index contributed by atoms with van der Waals surface area (Å²) >= 11 is 0. The van der Waals surface area contributed by atoms with E-state index in [0.29, 0.717) is 53.0 Å². The Morgan fingerprint density at radius 3 is 2.30 bits per heavy atom. The molecule has 1 heterocycles. The summed E-state index contributed by atoms with van der Waals surface area (Å²) in [5.74, 6) is 1.06. The summed E-state index contributed by atoms with van der Waals surface area (Å²) in [6.07, 6.45) is 1.41. The first-order valence-corrected chi connectivity index (χ1v) is 14.3. The van der Waals surface area contributed by atoms with Crippen molar-refractivity contribution in [2.45, 2.75) is 13.8 Å². The summed E-state index contributed by atoms with van der Waals surface area (Å²) < 4.78 is 32.7. The van der Waals surface area contributed by atoms with Crippen LogP contribution in [0.15, 0.2) is 84.0 Å². The number of anilines is 1. The molecule has 0 radical (unpaired) electrons. The van der Waals surface area contributed by atoms with E-state index >= 15 is 0 Å². The normalized spacial score (nSPS) is 11.5. The van der Waals surface area contributed by atoms with Gasteiger partial charge < -0.3 is 33.7 Å². The lowest BCUT2D eigenvalue weighted by atomic mass is 10.1. The van der Waals surface area contributed by atoms with Gasteiger partial charge in [-0.3, -0.25) is 9.59 Å². The SMILES string of the molecule is CCOc1ccc(C(=O)Nc2cccc(C(=O)NN=Cc3ccc(OC(=O)c4ccc5c(c4)OCO5)c(OC)c3)c2)cc1OCC. The number of rotatable bonds is 12. The van der Waals surface area contributed by atoms with Gasteiger partial charge in [-0.1, -0.05) is 6.07 Å². The maximum absolute atomic E-state index is 12.9. The molecule has 12 nitrogen and oxygen atoms in total. The fourth-order valence-corrected chi connectivity index (χ4v) is 4.39. The second kappa shape index (κ2) is 14.6. The molecule has 1 aliphatic rings. The molecule has 12 heteroatoms. The number of esters is 1. The van der Waals surface area contributed by atoms with E-state index in [1.54, 1.807) is 72.8 Å². The molecule has 0 saturated carbocycles. The van der Waals surface area contributed by atoms with Crippen LogP contribution in [0.3, 0.4) is 0 Å². The Labute approximate surface area is 264 Å². The summed E-state index contributed by atoms with van der Waals surface area (Å²) in [6, 6.07) is 20.9. The number of benzene rings is 4. The van der Waals surface area contributed by atoms with E-state index in [4.69, 9.17) is 28.4 Å². The van der Waals surface area contributed by atoms with Crippen LogP contribution in [-0.2, 0) is 0 Å². The number of ether oxygens (including phenoxy) is 6. The number of nitrogens with one attached hydrogen (secondary N) is 2. The summed E-state index contributed by atoms with van der Waals surface area (Å²) in [6.45, 7) is 4.69. The molecular formula is C34H31N3O9. The van der Waals surface area contributed by atoms with Crippen LogP contribution in [0, 0.1) is 0 Å². The van der Waals surface area contributed by atoms with Gasteiger partial charge in [-0.05, 0) is 92.2 Å². The predicted molar refractivity (Wildman–Crippen MR) is 169 cm³/mol. The predicted octanol–water partition coefficient (Wildman–Crippen LogP) is 5.46. The standard InChI is InChI=1S/C34H31N3O9/c1-4-42-26-13-10-23(17-30(26)43-5-2)32(38)36-25-8-6-7-22(16-25)33(39)37-35-19-21-9-12-28(29(15-21)41-3)46-34(40)24-11-14-27-31(18-24)45-20-44-27/h6-19H,4-5,20H2,1-3H3,(H,36,38)(H,37,39). The lowest BCUT2D eigenvalue weighted by Crippen LogP contribution is -2.18. The number of fused-ring (bicyclic) bond motifs is 1. The molecule has 46 heavy (non-hydrogen) atoms. The third-order valence-electron chi connectivity index (χ3n) is 6.57. The topological polar surface area (TPSA) is 143 Å². The zero-order chi connectivity index (χ0) is 32.5. The summed E-state index contributed by atoms with van der Waals surface area (Å²) in [5, 5.41) is 6.82. The first-order valence-electron chi connectivity index (χ1n) is 14.3. The molecule has 0 aromatic heterocycles. The van der Waals surface area contributed by atoms with Gasteiger partial charge in [0.15, 0.2) is 34.5 Å². The van der Waals surface area contributed by atoms with Crippen molar-refractivity contribution in [1.29, 1.82) is 0 Å². The Bertz CT molecular complexity index is 1790. The third kappa shape index (κ3) is 7.53. The Morgan fingerprint density at radius 1 is 0.761 bits per heavy atom. The highest BCUT2D eigenvalue weighted by atomic mass is 16.7. The highest BCUT2D eigenvalue weighted by Gasteiger charge is 2.19. The molecule has 0 spiro atoms. The van der Waals surface area contributed by atoms with Gasteiger partial charge in [-0.25, -0.2) is 10.2 Å². The van der Waals surface area contributed by atoms with E-state index in [-0.39, 0.29) is 35.3 Å². The largest absolute Gasteiger partial charge is 0.493 e. The minimum absolute atomic E-state index is 0.0948. The van der Waals surface area contributed by atoms with Crippen LogP contribution in [-0.4, -0.2) is 51.1 Å². The number of hydrazone groups is 1. The highest BCUT2D eigenvalue weighted by Crippen LogP contribution is 2.34. The van der Waals surface area contributed by atoms with Crippen LogP contribution in [0.25, 0.3) is 0 Å². The van der Waals surface area contributed by atoms with Crippen molar-refractivity contribution in [2.24, 2.45) is 5.10 Å². The third-order valence-corrected chi connectivity index (χ3v) is 6.57. The molecule has 0 atom stereocenters.